The number of carboxylic acids is 1. The molecule has 2 rings (SSSR count). The Morgan fingerprint density at radius 3 is 2.35 bits per heavy atom. The third-order valence-corrected chi connectivity index (χ3v) is 4.98. The lowest BCUT2D eigenvalue weighted by Gasteiger charge is -2.13. The molecule has 0 aliphatic heterocycles. The highest BCUT2D eigenvalue weighted by atomic mass is 32.2. The van der Waals surface area contributed by atoms with Crippen molar-refractivity contribution < 1.29 is 27.8 Å². The van der Waals surface area contributed by atoms with Gasteiger partial charge in [-0.05, 0) is 26.8 Å². The summed E-state index contributed by atoms with van der Waals surface area (Å²) in [6.07, 6.45) is 0. The highest BCUT2D eigenvalue weighted by Crippen LogP contribution is 2.34. The minimum Gasteiger partial charge on any atom is -0.493 e. The summed E-state index contributed by atoms with van der Waals surface area (Å²) in [5.41, 5.74) is 0.465. The topological polar surface area (TPSA) is 120 Å². The number of carboxylic acid groups (broad SMARTS) is 1. The molecule has 10 heteroatoms. The van der Waals surface area contributed by atoms with E-state index in [1.807, 2.05) is 20.8 Å². The molecule has 0 atom stereocenters. The van der Waals surface area contributed by atoms with E-state index in [2.05, 4.69) is 9.82 Å². The van der Waals surface area contributed by atoms with Gasteiger partial charge in [0.05, 0.1) is 19.1 Å². The Kier molecular flexibility index (Phi) is 5.45. The summed E-state index contributed by atoms with van der Waals surface area (Å²) in [5.74, 6) is -1.25. The Labute approximate surface area is 151 Å². The van der Waals surface area contributed by atoms with Gasteiger partial charge in [-0.15, -0.1) is 0 Å². The molecule has 0 aliphatic rings. The summed E-state index contributed by atoms with van der Waals surface area (Å²) in [6, 6.07) is 3.86. The molecule has 26 heavy (non-hydrogen) atoms. The summed E-state index contributed by atoms with van der Waals surface area (Å²) in [4.78, 5) is 11.2. The van der Waals surface area contributed by atoms with Crippen LogP contribution < -0.4 is 14.2 Å². The minimum atomic E-state index is -4.08. The summed E-state index contributed by atoms with van der Waals surface area (Å²) in [7, 11) is -1.51. The zero-order valence-corrected chi connectivity index (χ0v) is 15.9. The van der Waals surface area contributed by atoms with E-state index in [0.29, 0.717) is 0 Å². The van der Waals surface area contributed by atoms with Gasteiger partial charge in [0.15, 0.2) is 17.3 Å². The van der Waals surface area contributed by atoms with Gasteiger partial charge in [0.1, 0.15) is 5.56 Å². The van der Waals surface area contributed by atoms with Gasteiger partial charge in [-0.3, -0.25) is 9.40 Å². The molecule has 0 aliphatic carbocycles. The largest absolute Gasteiger partial charge is 0.493 e. The number of rotatable bonds is 7. The number of hydrogen-bond donors (Lipinski definition) is 2. The van der Waals surface area contributed by atoms with Gasteiger partial charge >= 0.3 is 5.97 Å². The number of ether oxygens (including phenoxy) is 2. The van der Waals surface area contributed by atoms with Crippen LogP contribution in [0.5, 0.6) is 11.5 Å². The molecule has 0 unspecified atom stereocenters. The van der Waals surface area contributed by atoms with Crippen LogP contribution >= 0.6 is 0 Å². The van der Waals surface area contributed by atoms with Crippen molar-refractivity contribution in [2.24, 2.45) is 0 Å². The Morgan fingerprint density at radius 2 is 1.88 bits per heavy atom. The van der Waals surface area contributed by atoms with Crippen LogP contribution in [0.3, 0.4) is 0 Å². The maximum absolute atomic E-state index is 12.7. The monoisotopic (exact) mass is 383 g/mol. The summed E-state index contributed by atoms with van der Waals surface area (Å²) in [5, 5.41) is 13.5. The number of aromatic nitrogens is 2. The fourth-order valence-corrected chi connectivity index (χ4v) is 3.54. The molecule has 0 saturated heterocycles. The molecule has 0 bridgehead atoms. The number of methoxy groups -OCH3 is 2. The normalized spacial score (nSPS) is 11.5. The number of sulfonamides is 1. The Balaban J connectivity index is 2.50. The van der Waals surface area contributed by atoms with Gasteiger partial charge in [-0.2, -0.15) is 5.10 Å². The van der Waals surface area contributed by atoms with E-state index in [-0.39, 0.29) is 33.8 Å². The van der Waals surface area contributed by atoms with Crippen LogP contribution in [-0.2, 0) is 10.0 Å². The second kappa shape index (κ2) is 7.24. The molecule has 9 nitrogen and oxygen atoms in total. The molecule has 2 aromatic rings. The van der Waals surface area contributed by atoms with E-state index in [1.54, 1.807) is 10.7 Å². The van der Waals surface area contributed by atoms with Gasteiger partial charge in [-0.1, -0.05) is 0 Å². The fourth-order valence-electron chi connectivity index (χ4n) is 2.51. The van der Waals surface area contributed by atoms with Crippen LogP contribution in [-0.4, -0.2) is 43.5 Å². The van der Waals surface area contributed by atoms with Crippen molar-refractivity contribution in [3.8, 4) is 11.5 Å². The van der Waals surface area contributed by atoms with Crippen LogP contribution in [0.4, 0.5) is 5.82 Å². The average molecular weight is 383 g/mol. The van der Waals surface area contributed by atoms with Crippen LogP contribution in [0.25, 0.3) is 0 Å². The molecule has 1 aromatic heterocycles. The van der Waals surface area contributed by atoms with Gasteiger partial charge in [-0.25, -0.2) is 13.2 Å². The third kappa shape index (κ3) is 3.74. The maximum atomic E-state index is 12.7. The average Bonchev–Trinajstić information content (AvgIpc) is 2.93. The quantitative estimate of drug-likeness (QED) is 0.752. The molecular formula is C16H21N3O6S. The second-order valence-electron chi connectivity index (χ2n) is 5.83. The van der Waals surface area contributed by atoms with E-state index in [4.69, 9.17) is 9.47 Å². The first-order chi connectivity index (χ1) is 12.1. The second-order valence-corrected chi connectivity index (χ2v) is 7.51. The molecule has 1 aromatic carbocycles. The maximum Gasteiger partial charge on any atom is 0.339 e. The number of nitrogens with one attached hydrogen (secondary N) is 1. The third-order valence-electron chi connectivity index (χ3n) is 3.64. The Bertz CT molecular complexity index is 934. The molecule has 142 valence electrons. The summed E-state index contributed by atoms with van der Waals surface area (Å²) in [6.45, 7) is 5.65. The zero-order valence-electron chi connectivity index (χ0n) is 15.1. The summed E-state index contributed by atoms with van der Waals surface area (Å²) < 4.78 is 39.5. The van der Waals surface area contributed by atoms with Crippen molar-refractivity contribution in [3.63, 3.8) is 0 Å². The van der Waals surface area contributed by atoms with E-state index in [0.717, 1.165) is 11.8 Å². The standard InChI is InChI=1S/C16H21N3O6S/c1-9(2)19-10(3)6-14(17-19)18-26(22,23)11-7-12(16(20)21)15(25-5)13(8-11)24-4/h6-9H,1-5H3,(H,17,18)(H,20,21). The fraction of sp³-hybridized carbons (Fsp3) is 0.375. The minimum absolute atomic E-state index is 0.00309. The van der Waals surface area contributed by atoms with Crippen LogP contribution in [0, 0.1) is 6.92 Å². The SMILES string of the molecule is COc1cc(S(=O)(=O)Nc2cc(C)n(C(C)C)n2)cc(C(=O)O)c1OC. The van der Waals surface area contributed by atoms with Crippen molar-refractivity contribution >= 4 is 21.8 Å². The molecule has 0 radical (unpaired) electrons. The van der Waals surface area contributed by atoms with Crippen molar-refractivity contribution in [2.75, 3.05) is 18.9 Å². The van der Waals surface area contributed by atoms with E-state index in [1.165, 1.54) is 20.3 Å². The number of benzene rings is 1. The number of anilines is 1. The van der Waals surface area contributed by atoms with Gasteiger partial charge in [0.2, 0.25) is 0 Å². The van der Waals surface area contributed by atoms with E-state index < -0.39 is 16.0 Å². The Morgan fingerprint density at radius 1 is 1.23 bits per heavy atom. The smallest absolute Gasteiger partial charge is 0.339 e. The molecule has 0 fully saturated rings. The summed E-state index contributed by atoms with van der Waals surface area (Å²) >= 11 is 0. The van der Waals surface area contributed by atoms with Crippen LogP contribution in [0.1, 0.15) is 35.9 Å². The lowest BCUT2D eigenvalue weighted by molar-refractivity contribution is 0.0692. The molecular weight excluding hydrogens is 362 g/mol. The number of hydrogen-bond acceptors (Lipinski definition) is 6. The molecule has 1 heterocycles. The molecule has 0 saturated carbocycles. The Hall–Kier alpha value is -2.75. The predicted octanol–water partition coefficient (Wildman–Crippen LogP) is 2.29. The first kappa shape index (κ1) is 19.6. The lowest BCUT2D eigenvalue weighted by Crippen LogP contribution is -2.15. The van der Waals surface area contributed by atoms with Crippen molar-refractivity contribution in [2.45, 2.75) is 31.7 Å². The predicted molar refractivity (Wildman–Crippen MR) is 94.7 cm³/mol. The first-order valence-electron chi connectivity index (χ1n) is 7.69. The van der Waals surface area contributed by atoms with Crippen LogP contribution in [0.2, 0.25) is 0 Å². The molecule has 0 amide bonds. The number of aryl methyl sites for hydroxylation is 1. The van der Waals surface area contributed by atoms with Gasteiger partial charge in [0, 0.05) is 23.9 Å². The van der Waals surface area contributed by atoms with Crippen molar-refractivity contribution in [1.82, 2.24) is 9.78 Å². The highest BCUT2D eigenvalue weighted by molar-refractivity contribution is 7.92. The molecule has 0 spiro atoms. The number of nitrogens with zero attached hydrogens (tertiary/aromatic N) is 2. The van der Waals surface area contributed by atoms with Gasteiger partial charge in [0.25, 0.3) is 10.0 Å². The van der Waals surface area contributed by atoms with E-state index >= 15 is 0 Å². The van der Waals surface area contributed by atoms with Crippen molar-refractivity contribution in [3.05, 3.63) is 29.5 Å². The van der Waals surface area contributed by atoms with Crippen molar-refractivity contribution in [1.29, 1.82) is 0 Å². The lowest BCUT2D eigenvalue weighted by atomic mass is 10.2. The number of carbonyl (C=O) groups is 1. The van der Waals surface area contributed by atoms with Crippen LogP contribution in [0.15, 0.2) is 23.1 Å². The zero-order chi connectivity index (χ0) is 19.6. The molecule has 2 N–H and O–H groups in total. The van der Waals surface area contributed by atoms with Gasteiger partial charge < -0.3 is 14.6 Å². The highest BCUT2D eigenvalue weighted by Gasteiger charge is 2.24. The van der Waals surface area contributed by atoms with E-state index in [9.17, 15) is 18.3 Å². The first-order valence-corrected chi connectivity index (χ1v) is 9.17. The number of aromatic carboxylic acids is 1.